The van der Waals surface area contributed by atoms with Gasteiger partial charge in [-0.05, 0) is 29.7 Å². The van der Waals surface area contributed by atoms with Crippen molar-refractivity contribution >= 4 is 34.5 Å². The van der Waals surface area contributed by atoms with E-state index in [4.69, 9.17) is 23.2 Å². The Balaban J connectivity index is 2.06. The third kappa shape index (κ3) is 4.22. The zero-order valence-electron chi connectivity index (χ0n) is 11.0. The first-order valence-electron chi connectivity index (χ1n) is 6.28. The van der Waals surface area contributed by atoms with E-state index < -0.39 is 0 Å². The molecule has 0 aliphatic rings. The van der Waals surface area contributed by atoms with Crippen molar-refractivity contribution in [1.29, 1.82) is 0 Å². The fourth-order valence-corrected chi connectivity index (χ4v) is 3.22. The van der Waals surface area contributed by atoms with Crippen LogP contribution in [-0.4, -0.2) is 0 Å². The van der Waals surface area contributed by atoms with Gasteiger partial charge in [0.2, 0.25) is 0 Å². The lowest BCUT2D eigenvalue weighted by Gasteiger charge is -2.22. The summed E-state index contributed by atoms with van der Waals surface area (Å²) in [5.74, 6) is 0.511. The summed E-state index contributed by atoms with van der Waals surface area (Å²) in [5.41, 5.74) is 1.27. The smallest absolute Gasteiger partial charge is 0.0516 e. The van der Waals surface area contributed by atoms with E-state index in [-0.39, 0.29) is 0 Å². The average Bonchev–Trinajstić information content (AvgIpc) is 2.77. The fraction of sp³-hybridized carbons (Fsp3) is 0.333. The van der Waals surface area contributed by atoms with Crippen molar-refractivity contribution in [3.8, 4) is 0 Å². The number of hydrogen-bond donors (Lipinski definition) is 1. The number of rotatable bonds is 5. The van der Waals surface area contributed by atoms with Crippen LogP contribution in [0.1, 0.15) is 30.3 Å². The number of thiophene rings is 1. The first-order valence-corrected chi connectivity index (χ1v) is 7.91. The van der Waals surface area contributed by atoms with Crippen LogP contribution in [0.5, 0.6) is 0 Å². The van der Waals surface area contributed by atoms with E-state index >= 15 is 0 Å². The summed E-state index contributed by atoms with van der Waals surface area (Å²) >= 11 is 13.6. The van der Waals surface area contributed by atoms with Gasteiger partial charge >= 0.3 is 0 Å². The monoisotopic (exact) mass is 313 g/mol. The van der Waals surface area contributed by atoms with Crippen LogP contribution >= 0.6 is 34.5 Å². The second-order valence-corrected chi connectivity index (χ2v) is 6.75. The van der Waals surface area contributed by atoms with Gasteiger partial charge in [0.1, 0.15) is 0 Å². The number of benzene rings is 1. The molecule has 1 atom stereocenters. The highest BCUT2D eigenvalue weighted by atomic mass is 35.5. The van der Waals surface area contributed by atoms with E-state index in [2.05, 4.69) is 31.3 Å². The molecule has 0 saturated heterocycles. The normalized spacial score (nSPS) is 12.9. The molecule has 1 heterocycles. The lowest BCUT2D eigenvalue weighted by atomic mass is 9.96. The maximum atomic E-state index is 5.94. The summed E-state index contributed by atoms with van der Waals surface area (Å²) in [4.78, 5) is 1.25. The maximum absolute atomic E-state index is 5.94. The van der Waals surface area contributed by atoms with Crippen molar-refractivity contribution in [2.75, 3.05) is 0 Å². The molecule has 0 spiro atoms. The van der Waals surface area contributed by atoms with E-state index in [1.165, 1.54) is 10.4 Å². The molecule has 4 heteroatoms. The Kier molecular flexibility index (Phi) is 5.28. The molecule has 0 radical (unpaired) electrons. The Morgan fingerprint density at radius 2 is 1.79 bits per heavy atom. The van der Waals surface area contributed by atoms with Gasteiger partial charge in [-0.2, -0.15) is 0 Å². The largest absolute Gasteiger partial charge is 0.305 e. The van der Waals surface area contributed by atoms with Crippen LogP contribution in [0.25, 0.3) is 0 Å². The molecule has 0 aliphatic heterocycles. The van der Waals surface area contributed by atoms with Crippen molar-refractivity contribution in [3.05, 3.63) is 56.2 Å². The Labute approximate surface area is 128 Å². The molecule has 2 aromatic rings. The van der Waals surface area contributed by atoms with Crippen molar-refractivity contribution in [2.24, 2.45) is 5.92 Å². The predicted octanol–water partition coefficient (Wildman–Crippen LogP) is 5.54. The molecular weight excluding hydrogens is 297 g/mol. The predicted molar refractivity (Wildman–Crippen MR) is 85.2 cm³/mol. The Hall–Kier alpha value is -0.540. The highest BCUT2D eigenvalue weighted by molar-refractivity contribution is 7.10. The van der Waals surface area contributed by atoms with Crippen LogP contribution in [0.15, 0.2) is 35.7 Å². The summed E-state index contributed by atoms with van der Waals surface area (Å²) < 4.78 is 0. The topological polar surface area (TPSA) is 12.0 Å². The van der Waals surface area contributed by atoms with Gasteiger partial charge in [0.05, 0.1) is 5.02 Å². The summed E-state index contributed by atoms with van der Waals surface area (Å²) in [6, 6.07) is 10.4. The van der Waals surface area contributed by atoms with Crippen molar-refractivity contribution in [1.82, 2.24) is 5.32 Å². The van der Waals surface area contributed by atoms with Gasteiger partial charge in [-0.1, -0.05) is 49.2 Å². The first kappa shape index (κ1) is 14.9. The Morgan fingerprint density at radius 1 is 1.11 bits per heavy atom. The molecule has 1 N–H and O–H groups in total. The molecule has 19 heavy (non-hydrogen) atoms. The summed E-state index contributed by atoms with van der Waals surface area (Å²) in [5, 5.41) is 7.15. The highest BCUT2D eigenvalue weighted by Crippen LogP contribution is 2.25. The number of hydrogen-bond acceptors (Lipinski definition) is 2. The van der Waals surface area contributed by atoms with Crippen LogP contribution in [0, 0.1) is 5.92 Å². The quantitative estimate of drug-likeness (QED) is 0.764. The van der Waals surface area contributed by atoms with E-state index in [0.717, 1.165) is 16.6 Å². The van der Waals surface area contributed by atoms with Gasteiger partial charge in [-0.25, -0.2) is 0 Å². The van der Waals surface area contributed by atoms with Crippen molar-refractivity contribution in [3.63, 3.8) is 0 Å². The molecule has 1 unspecified atom stereocenters. The van der Waals surface area contributed by atoms with Crippen LogP contribution < -0.4 is 5.32 Å². The maximum Gasteiger partial charge on any atom is 0.0516 e. The Morgan fingerprint density at radius 3 is 2.32 bits per heavy atom. The van der Waals surface area contributed by atoms with Crippen LogP contribution in [0.2, 0.25) is 10.0 Å². The summed E-state index contributed by atoms with van der Waals surface area (Å²) in [6.45, 7) is 5.27. The van der Waals surface area contributed by atoms with Gasteiger partial charge in [-0.3, -0.25) is 0 Å². The molecule has 102 valence electrons. The zero-order chi connectivity index (χ0) is 13.8. The minimum Gasteiger partial charge on any atom is -0.305 e. The molecule has 0 saturated carbocycles. The fourth-order valence-electron chi connectivity index (χ4n) is 2.07. The molecular formula is C15H17Cl2NS. The molecule has 0 fully saturated rings. The minimum absolute atomic E-state index is 0.318. The SMILES string of the molecule is CC(C)C(NCc1cc(Cl)cs1)c1ccc(Cl)cc1. The molecule has 1 nitrogen and oxygen atoms in total. The Bertz CT molecular complexity index is 519. The second-order valence-electron chi connectivity index (χ2n) is 4.89. The number of nitrogens with one attached hydrogen (secondary N) is 1. The summed E-state index contributed by atoms with van der Waals surface area (Å²) in [6.07, 6.45) is 0. The van der Waals surface area contributed by atoms with E-state index in [0.29, 0.717) is 12.0 Å². The van der Waals surface area contributed by atoms with Crippen LogP contribution in [0.4, 0.5) is 0 Å². The third-order valence-electron chi connectivity index (χ3n) is 3.01. The lowest BCUT2D eigenvalue weighted by molar-refractivity contribution is 0.412. The van der Waals surface area contributed by atoms with Crippen molar-refractivity contribution in [2.45, 2.75) is 26.4 Å². The zero-order valence-corrected chi connectivity index (χ0v) is 13.3. The molecule has 0 bridgehead atoms. The second kappa shape index (κ2) is 6.76. The van der Waals surface area contributed by atoms with E-state index in [1.54, 1.807) is 11.3 Å². The first-order chi connectivity index (χ1) is 9.06. The highest BCUT2D eigenvalue weighted by Gasteiger charge is 2.15. The molecule has 0 aliphatic carbocycles. The van der Waals surface area contributed by atoms with Crippen LogP contribution in [0.3, 0.4) is 0 Å². The van der Waals surface area contributed by atoms with Gasteiger partial charge < -0.3 is 5.32 Å². The number of halogens is 2. The standard InChI is InChI=1S/C15H17Cl2NS/c1-10(2)15(11-3-5-12(16)6-4-11)18-8-14-7-13(17)9-19-14/h3-7,9-10,15,18H,8H2,1-2H3. The average molecular weight is 314 g/mol. The lowest BCUT2D eigenvalue weighted by Crippen LogP contribution is -2.24. The molecule has 1 aromatic carbocycles. The van der Waals surface area contributed by atoms with Gasteiger partial charge in [-0.15, -0.1) is 11.3 Å². The molecule has 0 amide bonds. The molecule has 2 rings (SSSR count). The van der Waals surface area contributed by atoms with Crippen LogP contribution in [-0.2, 0) is 6.54 Å². The van der Waals surface area contributed by atoms with Gasteiger partial charge in [0.25, 0.3) is 0 Å². The molecule has 1 aromatic heterocycles. The van der Waals surface area contributed by atoms with Gasteiger partial charge in [0.15, 0.2) is 0 Å². The summed E-state index contributed by atoms with van der Waals surface area (Å²) in [7, 11) is 0. The van der Waals surface area contributed by atoms with Crippen molar-refractivity contribution < 1.29 is 0 Å². The van der Waals surface area contributed by atoms with Gasteiger partial charge in [0, 0.05) is 27.9 Å². The van der Waals surface area contributed by atoms with E-state index in [9.17, 15) is 0 Å². The van der Waals surface area contributed by atoms with E-state index in [1.807, 2.05) is 23.6 Å². The third-order valence-corrected chi connectivity index (χ3v) is 4.55. The minimum atomic E-state index is 0.318.